The fourth-order valence-corrected chi connectivity index (χ4v) is 3.62. The monoisotopic (exact) mass is 239 g/mol. The molecule has 3 nitrogen and oxygen atoms in total. The Bertz CT molecular complexity index is 266. The fourth-order valence-electron chi connectivity index (χ4n) is 1.63. The summed E-state index contributed by atoms with van der Waals surface area (Å²) in [4.78, 5) is 0. The summed E-state index contributed by atoms with van der Waals surface area (Å²) in [5.74, 6) is 1.21. The van der Waals surface area contributed by atoms with Gasteiger partial charge in [0.1, 0.15) is 0 Å². The molecule has 1 heterocycles. The van der Waals surface area contributed by atoms with Crippen LogP contribution in [0.25, 0.3) is 0 Å². The van der Waals surface area contributed by atoms with Crippen LogP contribution in [0.5, 0.6) is 0 Å². The summed E-state index contributed by atoms with van der Waals surface area (Å²) < 4.78 is 25.1. The molecule has 0 bridgehead atoms. The van der Waals surface area contributed by atoms with Crippen molar-refractivity contribution in [2.45, 2.75) is 26.2 Å². The first kappa shape index (κ1) is 12.3. The standard InChI is InChI=1S/C9H18ClNO2S/c1-2-3-6-14(12,13)11-5-4-9(7-10)8-11/h9H,2-8H2,1H3. The molecular formula is C9H18ClNO2S. The van der Waals surface area contributed by atoms with E-state index in [0.717, 1.165) is 19.3 Å². The third-order valence-corrected chi connectivity index (χ3v) is 4.98. The van der Waals surface area contributed by atoms with Crippen molar-refractivity contribution in [3.05, 3.63) is 0 Å². The summed E-state index contributed by atoms with van der Waals surface area (Å²) >= 11 is 5.71. The predicted molar refractivity (Wildman–Crippen MR) is 59.1 cm³/mol. The molecule has 0 N–H and O–H groups in total. The van der Waals surface area contributed by atoms with Gasteiger partial charge in [-0.25, -0.2) is 12.7 Å². The molecule has 1 fully saturated rings. The van der Waals surface area contributed by atoms with E-state index in [1.165, 1.54) is 0 Å². The molecule has 0 aliphatic carbocycles. The fraction of sp³-hybridized carbons (Fsp3) is 1.00. The highest BCUT2D eigenvalue weighted by atomic mass is 35.5. The Morgan fingerprint density at radius 1 is 1.50 bits per heavy atom. The summed E-state index contributed by atoms with van der Waals surface area (Å²) in [7, 11) is -2.99. The summed E-state index contributed by atoms with van der Waals surface area (Å²) in [6.45, 7) is 3.28. The minimum absolute atomic E-state index is 0.290. The molecule has 1 saturated heterocycles. The van der Waals surface area contributed by atoms with Gasteiger partial charge in [0.15, 0.2) is 0 Å². The lowest BCUT2D eigenvalue weighted by atomic mass is 10.2. The first-order valence-corrected chi connectivity index (χ1v) is 7.28. The minimum Gasteiger partial charge on any atom is -0.212 e. The maximum Gasteiger partial charge on any atom is 0.214 e. The van der Waals surface area contributed by atoms with E-state index in [-0.39, 0.29) is 0 Å². The van der Waals surface area contributed by atoms with Crippen LogP contribution in [0, 0.1) is 5.92 Å². The Balaban J connectivity index is 2.49. The second-order valence-corrected chi connectivity index (χ2v) is 6.23. The zero-order valence-corrected chi connectivity index (χ0v) is 10.1. The molecule has 0 radical (unpaired) electrons. The summed E-state index contributed by atoms with van der Waals surface area (Å²) in [6.07, 6.45) is 2.59. The van der Waals surface area contributed by atoms with Crippen LogP contribution in [-0.2, 0) is 10.0 Å². The van der Waals surface area contributed by atoms with Gasteiger partial charge in [-0.15, -0.1) is 11.6 Å². The maximum absolute atomic E-state index is 11.7. The van der Waals surface area contributed by atoms with Crippen molar-refractivity contribution in [1.29, 1.82) is 0 Å². The molecule has 0 aromatic carbocycles. The first-order chi connectivity index (χ1) is 6.60. The van der Waals surface area contributed by atoms with E-state index in [1.54, 1.807) is 4.31 Å². The average molecular weight is 240 g/mol. The minimum atomic E-state index is -2.99. The Morgan fingerprint density at radius 3 is 2.71 bits per heavy atom. The second kappa shape index (κ2) is 5.33. The quantitative estimate of drug-likeness (QED) is 0.685. The van der Waals surface area contributed by atoms with Crippen molar-refractivity contribution in [3.8, 4) is 0 Å². The van der Waals surface area contributed by atoms with Crippen molar-refractivity contribution >= 4 is 21.6 Å². The SMILES string of the molecule is CCCCS(=O)(=O)N1CCC(CCl)C1. The van der Waals surface area contributed by atoms with Gasteiger partial charge >= 0.3 is 0 Å². The van der Waals surface area contributed by atoms with E-state index in [0.29, 0.717) is 30.6 Å². The van der Waals surface area contributed by atoms with E-state index >= 15 is 0 Å². The van der Waals surface area contributed by atoms with Crippen LogP contribution in [0.2, 0.25) is 0 Å². The van der Waals surface area contributed by atoms with Crippen LogP contribution in [0.1, 0.15) is 26.2 Å². The van der Waals surface area contributed by atoms with Gasteiger partial charge in [0.25, 0.3) is 0 Å². The molecule has 14 heavy (non-hydrogen) atoms. The molecule has 0 aromatic heterocycles. The van der Waals surface area contributed by atoms with E-state index in [4.69, 9.17) is 11.6 Å². The molecular weight excluding hydrogens is 222 g/mol. The maximum atomic E-state index is 11.7. The Kier molecular flexibility index (Phi) is 4.67. The van der Waals surface area contributed by atoms with E-state index in [2.05, 4.69) is 0 Å². The molecule has 0 saturated carbocycles. The molecule has 1 rings (SSSR count). The number of rotatable bonds is 5. The number of sulfonamides is 1. The number of hydrogen-bond donors (Lipinski definition) is 0. The normalized spacial score (nSPS) is 24.3. The molecule has 1 aliphatic heterocycles. The Morgan fingerprint density at radius 2 is 2.21 bits per heavy atom. The topological polar surface area (TPSA) is 37.4 Å². The molecule has 0 spiro atoms. The molecule has 1 unspecified atom stereocenters. The Hall–Kier alpha value is 0.200. The van der Waals surface area contributed by atoms with Gasteiger partial charge in [-0.3, -0.25) is 0 Å². The van der Waals surface area contributed by atoms with E-state index in [9.17, 15) is 8.42 Å². The van der Waals surface area contributed by atoms with Crippen LogP contribution in [0.4, 0.5) is 0 Å². The highest BCUT2D eigenvalue weighted by Crippen LogP contribution is 2.21. The number of alkyl halides is 1. The molecule has 0 aromatic rings. The van der Waals surface area contributed by atoms with Gasteiger partial charge in [0.05, 0.1) is 5.75 Å². The van der Waals surface area contributed by atoms with Crippen molar-refractivity contribution in [3.63, 3.8) is 0 Å². The van der Waals surface area contributed by atoms with Crippen LogP contribution >= 0.6 is 11.6 Å². The largest absolute Gasteiger partial charge is 0.214 e. The van der Waals surface area contributed by atoms with Gasteiger partial charge in [0.2, 0.25) is 10.0 Å². The van der Waals surface area contributed by atoms with E-state index in [1.807, 2.05) is 6.92 Å². The van der Waals surface area contributed by atoms with E-state index < -0.39 is 10.0 Å². The third kappa shape index (κ3) is 3.11. The molecule has 84 valence electrons. The number of nitrogens with zero attached hydrogens (tertiary/aromatic N) is 1. The average Bonchev–Trinajstić information content (AvgIpc) is 2.63. The number of hydrogen-bond acceptors (Lipinski definition) is 2. The van der Waals surface area contributed by atoms with Crippen molar-refractivity contribution in [2.75, 3.05) is 24.7 Å². The number of unbranched alkanes of at least 4 members (excludes halogenated alkanes) is 1. The predicted octanol–water partition coefficient (Wildman–Crippen LogP) is 1.68. The van der Waals surface area contributed by atoms with Gasteiger partial charge in [-0.05, 0) is 18.8 Å². The highest BCUT2D eigenvalue weighted by Gasteiger charge is 2.30. The lowest BCUT2D eigenvalue weighted by molar-refractivity contribution is 0.463. The molecule has 0 amide bonds. The highest BCUT2D eigenvalue weighted by molar-refractivity contribution is 7.89. The van der Waals surface area contributed by atoms with Crippen LogP contribution in [0.3, 0.4) is 0 Å². The van der Waals surface area contributed by atoms with Crippen molar-refractivity contribution in [1.82, 2.24) is 4.31 Å². The lowest BCUT2D eigenvalue weighted by Crippen LogP contribution is -2.31. The molecule has 5 heteroatoms. The second-order valence-electron chi connectivity index (χ2n) is 3.84. The molecule has 1 atom stereocenters. The van der Waals surface area contributed by atoms with Gasteiger partial charge < -0.3 is 0 Å². The smallest absolute Gasteiger partial charge is 0.212 e. The summed E-state index contributed by atoms with van der Waals surface area (Å²) in [6, 6.07) is 0. The van der Waals surface area contributed by atoms with Crippen molar-refractivity contribution in [2.24, 2.45) is 5.92 Å². The van der Waals surface area contributed by atoms with Crippen LogP contribution < -0.4 is 0 Å². The van der Waals surface area contributed by atoms with Gasteiger partial charge in [-0.1, -0.05) is 13.3 Å². The van der Waals surface area contributed by atoms with Gasteiger partial charge in [0, 0.05) is 19.0 Å². The zero-order valence-electron chi connectivity index (χ0n) is 8.58. The lowest BCUT2D eigenvalue weighted by Gasteiger charge is -2.15. The summed E-state index contributed by atoms with van der Waals surface area (Å²) in [5.41, 5.74) is 0. The Labute approximate surface area is 91.5 Å². The number of halogens is 1. The van der Waals surface area contributed by atoms with Crippen LogP contribution in [-0.4, -0.2) is 37.4 Å². The first-order valence-electron chi connectivity index (χ1n) is 5.14. The zero-order chi connectivity index (χ0) is 10.6. The summed E-state index contributed by atoms with van der Waals surface area (Å²) in [5, 5.41) is 0. The molecule has 1 aliphatic rings. The third-order valence-electron chi connectivity index (χ3n) is 2.62. The van der Waals surface area contributed by atoms with Gasteiger partial charge in [-0.2, -0.15) is 0 Å². The van der Waals surface area contributed by atoms with Crippen molar-refractivity contribution < 1.29 is 8.42 Å². The van der Waals surface area contributed by atoms with Crippen LogP contribution in [0.15, 0.2) is 0 Å².